The third-order valence-corrected chi connectivity index (χ3v) is 21.7. The van der Waals surface area contributed by atoms with Crippen LogP contribution in [-0.4, -0.2) is 313 Å². The van der Waals surface area contributed by atoms with Crippen molar-refractivity contribution in [3.05, 3.63) is 0 Å². The zero-order chi connectivity index (χ0) is 82.4. The van der Waals surface area contributed by atoms with E-state index < -0.39 is 234 Å². The van der Waals surface area contributed by atoms with Crippen LogP contribution in [0.3, 0.4) is 0 Å². The standard InChI is InChI=1S/C77H141N3O31/c1-6-7-8-9-10-11-12-13-14-15-16-17-18-19-20-21-22-25-29-32-35-38-51(85)71(99)79-49(61(91)50(84)37-34-31-28-26-23-24-27-30-33-36-46(2)3)43-104-73-68(98)66(96)64(94)56(108-73)44-106-76(74(100)101)40-55(59(78-48(5)83)70(110-76)63(93)54(88)42-82)109-77(75(102)103)39-52(86)58(69(111-77)62(92)53(87)41-81)80-57(89)45-105-72-67(97)65(95)60(90)47(4)107-72/h46-47,49-56,58-70,72-73,81-82,84-88,90-98H,6-45H2,1-5H3,(H,78,83)(H,79,99)(H,80,89)(H,100,101)(H,102,103). The van der Waals surface area contributed by atoms with E-state index >= 15 is 0 Å². The topological polar surface area (TPSA) is 559 Å². The third kappa shape index (κ3) is 33.4. The fourth-order valence-electron chi connectivity index (χ4n) is 14.8. The molecule has 0 radical (unpaired) electrons. The van der Waals surface area contributed by atoms with E-state index in [-0.39, 0.29) is 12.8 Å². The molecular weight excluding hydrogens is 1460 g/mol. The lowest BCUT2D eigenvalue weighted by Crippen LogP contribution is -2.72. The Hall–Kier alpha value is -3.61. The molecule has 34 heteroatoms. The summed E-state index contributed by atoms with van der Waals surface area (Å²) in [5.74, 6) is -13.6. The average molecular weight is 1600 g/mol. The van der Waals surface area contributed by atoms with Crippen molar-refractivity contribution in [2.24, 2.45) is 5.92 Å². The molecule has 0 bridgehead atoms. The summed E-state index contributed by atoms with van der Waals surface area (Å²) in [5.41, 5.74) is 0. The molecule has 0 aromatic rings. The minimum absolute atomic E-state index is 0.0552. The van der Waals surface area contributed by atoms with E-state index in [1.807, 2.05) is 0 Å². The summed E-state index contributed by atoms with van der Waals surface area (Å²) in [6.07, 6.45) is -10.0. The van der Waals surface area contributed by atoms with Gasteiger partial charge in [-0.15, -0.1) is 0 Å². The van der Waals surface area contributed by atoms with Gasteiger partial charge < -0.3 is 146 Å². The van der Waals surface area contributed by atoms with Crippen molar-refractivity contribution in [3.8, 4) is 0 Å². The van der Waals surface area contributed by atoms with Crippen LogP contribution in [0, 0.1) is 5.92 Å². The number of aliphatic carboxylic acids is 2. The number of unbranched alkanes of at least 4 members (excludes halogenated alkanes) is 28. The maximum absolute atomic E-state index is 13.8. The van der Waals surface area contributed by atoms with E-state index in [0.717, 1.165) is 77.6 Å². The predicted octanol–water partition coefficient (Wildman–Crippen LogP) is 1.09. The summed E-state index contributed by atoms with van der Waals surface area (Å²) < 4.78 is 46.1. The molecule has 0 aromatic heterocycles. The smallest absolute Gasteiger partial charge is 0.364 e. The number of amides is 3. The molecule has 0 saturated carbocycles. The van der Waals surface area contributed by atoms with Gasteiger partial charge in [0, 0.05) is 19.8 Å². The van der Waals surface area contributed by atoms with E-state index in [2.05, 4.69) is 36.7 Å². The number of carbonyl (C=O) groups is 5. The van der Waals surface area contributed by atoms with Crippen LogP contribution in [0.5, 0.6) is 0 Å². The molecule has 26 atom stereocenters. The largest absolute Gasteiger partial charge is 0.477 e. The lowest BCUT2D eigenvalue weighted by molar-refractivity contribution is -0.365. The summed E-state index contributed by atoms with van der Waals surface area (Å²) >= 11 is 0. The minimum Gasteiger partial charge on any atom is -0.477 e. The SMILES string of the molecule is CCCCCCCCCCCCCCCCCCCCCCCC(O)C(=O)NC(COC1OC(COC2(C(=O)O)CC(OC3(C(=O)O)CC(O)C(NC(=O)COC4OC(C)C(O)C(O)C4O)C(C(O)C(O)CO)O3)C(NC(C)=O)C(C(O)C(O)CO)O2)C(O)C(O)C1O)C(O)C(O)CCCCCCCCCCCC(C)C. The summed E-state index contributed by atoms with van der Waals surface area (Å²) in [6, 6.07) is -5.57. The highest BCUT2D eigenvalue weighted by Gasteiger charge is 2.63. The number of aliphatic hydroxyl groups excluding tert-OH is 16. The van der Waals surface area contributed by atoms with Gasteiger partial charge in [0.1, 0.15) is 98.2 Å². The van der Waals surface area contributed by atoms with Gasteiger partial charge in [0.25, 0.3) is 11.6 Å². The fourth-order valence-corrected chi connectivity index (χ4v) is 14.8. The van der Waals surface area contributed by atoms with Gasteiger partial charge >= 0.3 is 11.9 Å². The van der Waals surface area contributed by atoms with Gasteiger partial charge in [-0.25, -0.2) is 9.59 Å². The molecule has 0 aliphatic carbocycles. The quantitative estimate of drug-likeness (QED) is 0.0379. The Morgan fingerprint density at radius 1 is 0.495 bits per heavy atom. The first-order valence-corrected chi connectivity index (χ1v) is 41.1. The number of nitrogens with one attached hydrogen (secondary N) is 3. The van der Waals surface area contributed by atoms with Crippen LogP contribution in [0.4, 0.5) is 0 Å². The van der Waals surface area contributed by atoms with E-state index in [4.69, 9.17) is 37.9 Å². The zero-order valence-corrected chi connectivity index (χ0v) is 66.1. The fraction of sp³-hybridized carbons (Fsp3) is 0.935. The first kappa shape index (κ1) is 99.7. The van der Waals surface area contributed by atoms with Crippen LogP contribution in [0.2, 0.25) is 0 Å². The van der Waals surface area contributed by atoms with Gasteiger partial charge in [-0.1, -0.05) is 220 Å². The molecule has 4 heterocycles. The number of carboxylic acids is 2. The summed E-state index contributed by atoms with van der Waals surface area (Å²) in [7, 11) is 0. The van der Waals surface area contributed by atoms with Gasteiger partial charge in [-0.2, -0.15) is 0 Å². The summed E-state index contributed by atoms with van der Waals surface area (Å²) in [6.45, 7) is 3.22. The molecule has 4 fully saturated rings. The van der Waals surface area contributed by atoms with E-state index in [1.165, 1.54) is 122 Å². The van der Waals surface area contributed by atoms with Crippen molar-refractivity contribution in [1.29, 1.82) is 0 Å². The number of hydrogen-bond donors (Lipinski definition) is 21. The Morgan fingerprint density at radius 3 is 1.39 bits per heavy atom. The maximum Gasteiger partial charge on any atom is 0.364 e. The molecule has 34 nitrogen and oxygen atoms in total. The number of ether oxygens (including phenoxy) is 8. The highest BCUT2D eigenvalue weighted by atomic mass is 16.8. The molecule has 650 valence electrons. The maximum atomic E-state index is 13.8. The molecule has 4 rings (SSSR count). The van der Waals surface area contributed by atoms with Gasteiger partial charge in [0.15, 0.2) is 12.6 Å². The second-order valence-corrected chi connectivity index (χ2v) is 31.6. The number of aliphatic hydroxyl groups is 16. The van der Waals surface area contributed by atoms with Crippen molar-refractivity contribution in [2.75, 3.05) is 33.0 Å². The van der Waals surface area contributed by atoms with Crippen LogP contribution in [0.1, 0.15) is 259 Å². The Labute approximate surface area is 653 Å². The highest BCUT2D eigenvalue weighted by Crippen LogP contribution is 2.42. The summed E-state index contributed by atoms with van der Waals surface area (Å²) in [5, 5.41) is 205. The molecule has 4 aliphatic rings. The van der Waals surface area contributed by atoms with Crippen molar-refractivity contribution in [1.82, 2.24) is 16.0 Å². The molecule has 21 N–H and O–H groups in total. The van der Waals surface area contributed by atoms with Crippen LogP contribution in [0.15, 0.2) is 0 Å². The lowest BCUT2D eigenvalue weighted by Gasteiger charge is -2.52. The zero-order valence-electron chi connectivity index (χ0n) is 66.1. The van der Waals surface area contributed by atoms with Crippen LogP contribution >= 0.6 is 0 Å². The summed E-state index contributed by atoms with van der Waals surface area (Å²) in [4.78, 5) is 67.8. The predicted molar refractivity (Wildman–Crippen MR) is 398 cm³/mol. The van der Waals surface area contributed by atoms with E-state index in [0.29, 0.717) is 18.8 Å². The molecule has 26 unspecified atom stereocenters. The van der Waals surface area contributed by atoms with Crippen LogP contribution in [-0.2, 0) is 61.9 Å². The number of hydrogen-bond acceptors (Lipinski definition) is 29. The second kappa shape index (κ2) is 52.9. The number of carbonyl (C=O) groups excluding carboxylic acids is 3. The van der Waals surface area contributed by atoms with Gasteiger partial charge in [-0.3, -0.25) is 14.4 Å². The Kier molecular flexibility index (Phi) is 47.6. The van der Waals surface area contributed by atoms with E-state index in [9.17, 15) is 116 Å². The van der Waals surface area contributed by atoms with Crippen molar-refractivity contribution < 1.29 is 154 Å². The van der Waals surface area contributed by atoms with Gasteiger partial charge in [-0.05, 0) is 25.7 Å². The van der Waals surface area contributed by atoms with Gasteiger partial charge in [0.2, 0.25) is 17.7 Å². The molecule has 3 amide bonds. The Bertz CT molecular complexity index is 2580. The minimum atomic E-state index is -3.41. The number of rotatable bonds is 59. The first-order chi connectivity index (χ1) is 52.8. The van der Waals surface area contributed by atoms with Crippen LogP contribution in [0.25, 0.3) is 0 Å². The Balaban J connectivity index is 1.51. The molecule has 0 spiro atoms. The molecule has 0 aromatic carbocycles. The molecule has 111 heavy (non-hydrogen) atoms. The molecule has 4 aliphatic heterocycles. The number of carboxylic acid groups (broad SMARTS) is 2. The Morgan fingerprint density at radius 2 is 0.928 bits per heavy atom. The van der Waals surface area contributed by atoms with Crippen molar-refractivity contribution >= 4 is 29.7 Å². The lowest BCUT2D eigenvalue weighted by atomic mass is 9.86. The second-order valence-electron chi connectivity index (χ2n) is 31.6. The highest BCUT2D eigenvalue weighted by molar-refractivity contribution is 5.81. The normalized spacial score (nSPS) is 30.7. The van der Waals surface area contributed by atoms with E-state index in [1.54, 1.807) is 0 Å². The molecule has 4 saturated heterocycles. The third-order valence-electron chi connectivity index (χ3n) is 21.7. The van der Waals surface area contributed by atoms with Crippen molar-refractivity contribution in [3.63, 3.8) is 0 Å². The average Bonchev–Trinajstić information content (AvgIpc) is 0.743. The first-order valence-electron chi connectivity index (χ1n) is 41.1. The van der Waals surface area contributed by atoms with Gasteiger partial charge in [0.05, 0.1) is 69.0 Å². The molecular formula is C77H141N3O31. The monoisotopic (exact) mass is 1600 g/mol. The van der Waals surface area contributed by atoms with Crippen molar-refractivity contribution in [2.45, 2.75) is 418 Å². The van der Waals surface area contributed by atoms with Crippen LogP contribution < -0.4 is 16.0 Å².